The molecular weight excluding hydrogens is 380 g/mol. The first kappa shape index (κ1) is 21.2. The second-order valence-electron chi connectivity index (χ2n) is 6.84. The number of rotatable bonds is 3. The highest BCUT2D eigenvalue weighted by Gasteiger charge is 2.31. The molecule has 2 rings (SSSR count). The smallest absolute Gasteiger partial charge is 0.442 e. The number of halogens is 4. The summed E-state index contributed by atoms with van der Waals surface area (Å²) in [5.74, 6) is -0.814. The molecule has 5 nitrogen and oxygen atoms in total. The molecule has 0 aliphatic heterocycles. The van der Waals surface area contributed by atoms with E-state index in [2.05, 4.69) is 5.32 Å². The lowest BCUT2D eigenvalue weighted by molar-refractivity contribution is -0.137. The molecule has 0 aliphatic carbocycles. The third-order valence-corrected chi connectivity index (χ3v) is 3.34. The van der Waals surface area contributed by atoms with Gasteiger partial charge in [-0.3, -0.25) is 4.79 Å². The van der Waals surface area contributed by atoms with Gasteiger partial charge < -0.3 is 10.1 Å². The molecule has 0 bridgehead atoms. The fraction of sp³-hybridized carbons (Fsp3) is 0.263. The van der Waals surface area contributed by atoms with Crippen molar-refractivity contribution < 1.29 is 32.0 Å². The first-order chi connectivity index (χ1) is 12.9. The van der Waals surface area contributed by atoms with Crippen molar-refractivity contribution in [3.8, 4) is 0 Å². The number of benzene rings is 2. The van der Waals surface area contributed by atoms with Crippen LogP contribution in [0.4, 0.5) is 33.8 Å². The zero-order chi connectivity index (χ0) is 21.1. The van der Waals surface area contributed by atoms with Crippen LogP contribution in [-0.4, -0.2) is 17.6 Å². The van der Waals surface area contributed by atoms with Crippen molar-refractivity contribution in [3.05, 3.63) is 59.7 Å². The largest absolute Gasteiger partial charge is 0.443 e. The lowest BCUT2D eigenvalue weighted by atomic mass is 10.1. The molecule has 2 aromatic carbocycles. The Labute approximate surface area is 158 Å². The SMILES string of the molecule is CC(C)(C)OC(=O)N(F)c1cccc(NC(=O)c2cccc(C(F)(F)F)c2)c1. The molecule has 0 aromatic heterocycles. The Bertz CT molecular complexity index is 876. The van der Waals surface area contributed by atoms with Crippen molar-refractivity contribution >= 4 is 23.4 Å². The highest BCUT2D eigenvalue weighted by molar-refractivity contribution is 6.04. The van der Waals surface area contributed by atoms with Gasteiger partial charge in [0.15, 0.2) is 0 Å². The number of amides is 2. The van der Waals surface area contributed by atoms with Gasteiger partial charge in [-0.05, 0) is 57.2 Å². The summed E-state index contributed by atoms with van der Waals surface area (Å²) in [5.41, 5.74) is -2.21. The number of alkyl halides is 3. The van der Waals surface area contributed by atoms with Crippen LogP contribution in [0.25, 0.3) is 0 Å². The van der Waals surface area contributed by atoms with E-state index in [9.17, 15) is 27.2 Å². The summed E-state index contributed by atoms with van der Waals surface area (Å²) in [6, 6.07) is 9.07. The number of anilines is 2. The normalized spacial score (nSPS) is 11.7. The van der Waals surface area contributed by atoms with Crippen LogP contribution < -0.4 is 10.4 Å². The van der Waals surface area contributed by atoms with Crippen LogP contribution in [0, 0.1) is 0 Å². The lowest BCUT2D eigenvalue weighted by Crippen LogP contribution is -2.31. The first-order valence-corrected chi connectivity index (χ1v) is 8.14. The molecule has 0 atom stereocenters. The molecule has 150 valence electrons. The number of hydrogen-bond acceptors (Lipinski definition) is 3. The summed E-state index contributed by atoms with van der Waals surface area (Å²) in [7, 11) is 0. The fourth-order valence-corrected chi connectivity index (χ4v) is 2.15. The van der Waals surface area contributed by atoms with Crippen LogP contribution in [0.5, 0.6) is 0 Å². The Hall–Kier alpha value is -3.10. The van der Waals surface area contributed by atoms with Crippen LogP contribution in [-0.2, 0) is 10.9 Å². The van der Waals surface area contributed by atoms with E-state index in [1.807, 2.05) is 0 Å². The number of nitrogens with one attached hydrogen (secondary N) is 1. The van der Waals surface area contributed by atoms with E-state index in [1.165, 1.54) is 24.3 Å². The highest BCUT2D eigenvalue weighted by atomic mass is 19.4. The number of hydrogen-bond donors (Lipinski definition) is 1. The number of nitrogens with zero attached hydrogens (tertiary/aromatic N) is 1. The molecule has 9 heteroatoms. The van der Waals surface area contributed by atoms with Crippen molar-refractivity contribution in [3.63, 3.8) is 0 Å². The lowest BCUT2D eigenvalue weighted by Gasteiger charge is -2.22. The highest BCUT2D eigenvalue weighted by Crippen LogP contribution is 2.30. The second kappa shape index (κ2) is 7.87. The van der Waals surface area contributed by atoms with Crippen LogP contribution in [0.2, 0.25) is 0 Å². The summed E-state index contributed by atoms with van der Waals surface area (Å²) >= 11 is 0. The van der Waals surface area contributed by atoms with E-state index in [1.54, 1.807) is 20.8 Å². The predicted molar refractivity (Wildman–Crippen MR) is 95.7 cm³/mol. The van der Waals surface area contributed by atoms with Gasteiger partial charge in [-0.15, -0.1) is 5.12 Å². The molecule has 0 aliphatic rings. The van der Waals surface area contributed by atoms with Gasteiger partial charge in [-0.2, -0.15) is 13.2 Å². The van der Waals surface area contributed by atoms with E-state index >= 15 is 0 Å². The van der Waals surface area contributed by atoms with Crippen LogP contribution in [0.3, 0.4) is 0 Å². The van der Waals surface area contributed by atoms with Crippen molar-refractivity contribution in [1.82, 2.24) is 0 Å². The van der Waals surface area contributed by atoms with Gasteiger partial charge in [0.05, 0.1) is 11.3 Å². The molecule has 0 unspecified atom stereocenters. The minimum absolute atomic E-state index is 0.0890. The van der Waals surface area contributed by atoms with Crippen LogP contribution in [0.1, 0.15) is 36.7 Å². The van der Waals surface area contributed by atoms with Gasteiger partial charge in [-0.25, -0.2) is 4.79 Å². The molecule has 0 saturated carbocycles. The minimum atomic E-state index is -4.58. The maximum Gasteiger partial charge on any atom is 0.443 e. The summed E-state index contributed by atoms with van der Waals surface area (Å²) < 4.78 is 57.4. The first-order valence-electron chi connectivity index (χ1n) is 8.14. The van der Waals surface area contributed by atoms with Gasteiger partial charge in [-0.1, -0.05) is 16.6 Å². The maximum atomic E-state index is 14.2. The Morgan fingerprint density at radius 2 is 1.64 bits per heavy atom. The zero-order valence-corrected chi connectivity index (χ0v) is 15.3. The summed E-state index contributed by atoms with van der Waals surface area (Å²) in [6.07, 6.45) is -5.83. The van der Waals surface area contributed by atoms with Gasteiger partial charge in [0.1, 0.15) is 5.60 Å². The standard InChI is InChI=1S/C19H18F4N2O3/c1-18(2,3)28-17(27)25(23)15-9-5-8-14(11-15)24-16(26)12-6-4-7-13(10-12)19(20,21)22/h4-11H,1-3H3,(H,24,26). The zero-order valence-electron chi connectivity index (χ0n) is 15.3. The molecule has 0 saturated heterocycles. The molecule has 2 aromatic rings. The minimum Gasteiger partial charge on any atom is -0.442 e. The summed E-state index contributed by atoms with van der Waals surface area (Å²) in [5, 5.41) is 2.14. The summed E-state index contributed by atoms with van der Waals surface area (Å²) in [4.78, 5) is 24.0. The molecule has 0 spiro atoms. The van der Waals surface area contributed by atoms with E-state index in [0.29, 0.717) is 6.07 Å². The maximum absolute atomic E-state index is 14.2. The van der Waals surface area contributed by atoms with E-state index < -0.39 is 29.3 Å². The van der Waals surface area contributed by atoms with Crippen molar-refractivity contribution in [1.29, 1.82) is 0 Å². The quantitative estimate of drug-likeness (QED) is 0.542. The average molecular weight is 398 g/mol. The number of carbonyl (C=O) groups excluding carboxylic acids is 2. The molecule has 28 heavy (non-hydrogen) atoms. The van der Waals surface area contributed by atoms with Crippen LogP contribution >= 0.6 is 0 Å². The summed E-state index contributed by atoms with van der Waals surface area (Å²) in [6.45, 7) is 4.72. The topological polar surface area (TPSA) is 58.6 Å². The molecular formula is C19H18F4N2O3. The Kier molecular flexibility index (Phi) is 5.96. The van der Waals surface area contributed by atoms with Crippen LogP contribution in [0.15, 0.2) is 48.5 Å². The van der Waals surface area contributed by atoms with Gasteiger partial charge in [0.2, 0.25) is 0 Å². The third kappa shape index (κ3) is 5.70. The van der Waals surface area contributed by atoms with Crippen molar-refractivity contribution in [2.24, 2.45) is 0 Å². The number of carbonyl (C=O) groups is 2. The van der Waals surface area contributed by atoms with Crippen molar-refractivity contribution in [2.75, 3.05) is 10.4 Å². The second-order valence-corrected chi connectivity index (χ2v) is 6.84. The monoisotopic (exact) mass is 398 g/mol. The fourth-order valence-electron chi connectivity index (χ4n) is 2.15. The molecule has 0 fully saturated rings. The molecule has 0 radical (unpaired) electrons. The van der Waals surface area contributed by atoms with Gasteiger partial charge in [0.25, 0.3) is 5.91 Å². The Balaban J connectivity index is 2.17. The third-order valence-electron chi connectivity index (χ3n) is 3.34. The Morgan fingerprint density at radius 3 is 2.25 bits per heavy atom. The number of ether oxygens (including phenoxy) is 1. The molecule has 0 heterocycles. The molecule has 1 N–H and O–H groups in total. The van der Waals surface area contributed by atoms with Gasteiger partial charge >= 0.3 is 12.3 Å². The Morgan fingerprint density at radius 1 is 1.00 bits per heavy atom. The van der Waals surface area contributed by atoms with Crippen molar-refractivity contribution in [2.45, 2.75) is 32.5 Å². The van der Waals surface area contributed by atoms with E-state index in [-0.39, 0.29) is 22.1 Å². The predicted octanol–water partition coefficient (Wildman–Crippen LogP) is 5.58. The van der Waals surface area contributed by atoms with Gasteiger partial charge in [0, 0.05) is 11.3 Å². The average Bonchev–Trinajstić information content (AvgIpc) is 2.59. The van der Waals surface area contributed by atoms with E-state index in [4.69, 9.17) is 4.74 Å². The molecule has 2 amide bonds. The van der Waals surface area contributed by atoms with E-state index in [0.717, 1.165) is 18.2 Å².